The molecule has 186 valence electrons. The Morgan fingerprint density at radius 3 is 2.65 bits per heavy atom. The zero-order valence-corrected chi connectivity index (χ0v) is 21.5. The Morgan fingerprint density at radius 1 is 1.05 bits per heavy atom. The molecule has 10 heteroatoms. The first kappa shape index (κ1) is 23.5. The van der Waals surface area contributed by atoms with Crippen LogP contribution in [0.3, 0.4) is 0 Å². The number of rotatable bonds is 6. The number of hydrogen-bond donors (Lipinski definition) is 2. The maximum absolute atomic E-state index is 12.9. The highest BCUT2D eigenvalue weighted by Gasteiger charge is 2.27. The van der Waals surface area contributed by atoms with Crippen LogP contribution in [0.1, 0.15) is 39.8 Å². The van der Waals surface area contributed by atoms with E-state index in [4.69, 9.17) is 0 Å². The number of aromatic amines is 1. The number of nitrogens with zero attached hydrogens (tertiary/aromatic N) is 4. The zero-order valence-electron chi connectivity index (χ0n) is 19.9. The number of piperidine rings is 1. The Kier molecular flexibility index (Phi) is 6.50. The summed E-state index contributed by atoms with van der Waals surface area (Å²) in [6.07, 6.45) is 4.03. The van der Waals surface area contributed by atoms with Gasteiger partial charge in [-0.25, -0.2) is 4.98 Å². The van der Waals surface area contributed by atoms with Crippen molar-refractivity contribution in [3.63, 3.8) is 0 Å². The smallest absolute Gasteiger partial charge is 0.275 e. The minimum absolute atomic E-state index is 0.152. The molecule has 1 aliphatic heterocycles. The third kappa shape index (κ3) is 5.03. The molecule has 0 radical (unpaired) electrons. The fourth-order valence-corrected chi connectivity index (χ4v) is 6.15. The van der Waals surface area contributed by atoms with E-state index in [1.807, 2.05) is 70.4 Å². The largest absolute Gasteiger partial charge is 0.361 e. The second-order valence-corrected chi connectivity index (χ2v) is 10.6. The van der Waals surface area contributed by atoms with Gasteiger partial charge in [0.1, 0.15) is 11.4 Å². The second kappa shape index (κ2) is 10.2. The molecule has 0 unspecified atom stereocenters. The van der Waals surface area contributed by atoms with E-state index in [0.717, 1.165) is 45.6 Å². The molecule has 4 heterocycles. The summed E-state index contributed by atoms with van der Waals surface area (Å²) in [7, 11) is 0. The maximum Gasteiger partial charge on any atom is 0.275 e. The molecule has 2 N–H and O–H groups in total. The quantitative estimate of drug-likeness (QED) is 0.309. The minimum atomic E-state index is -0.225. The molecule has 0 spiro atoms. The lowest BCUT2D eigenvalue weighted by Crippen LogP contribution is -2.38. The average Bonchev–Trinajstić information content (AvgIpc) is 3.71. The summed E-state index contributed by atoms with van der Waals surface area (Å²) < 4.78 is 3.88. The van der Waals surface area contributed by atoms with Crippen molar-refractivity contribution in [1.29, 1.82) is 0 Å². The molecule has 2 aromatic carbocycles. The van der Waals surface area contributed by atoms with E-state index in [1.165, 1.54) is 22.9 Å². The minimum Gasteiger partial charge on any atom is -0.361 e. The molecule has 1 aliphatic rings. The molecule has 37 heavy (non-hydrogen) atoms. The standard InChI is InChI=1S/C27H24N6O2S2/c34-25(13-19-14-28-22-4-2-1-3-21(19)22)33-11-9-18(10-12-33)27-30-24(15-36-27)26(35)29-20-7-5-17(6-8-20)23-16-37-32-31-23/h1-8,14-16,18,28H,9-13H2,(H,29,35). The van der Waals surface area contributed by atoms with Crippen LogP contribution in [0.25, 0.3) is 22.2 Å². The number of thiazole rings is 1. The second-order valence-electron chi connectivity index (χ2n) is 9.08. The van der Waals surface area contributed by atoms with Gasteiger partial charge in [-0.05, 0) is 48.1 Å². The Balaban J connectivity index is 1.03. The lowest BCUT2D eigenvalue weighted by molar-refractivity contribution is -0.131. The number of H-pyrrole nitrogens is 1. The van der Waals surface area contributed by atoms with Crippen LogP contribution in [0.2, 0.25) is 0 Å². The van der Waals surface area contributed by atoms with Gasteiger partial charge in [-0.15, -0.1) is 16.4 Å². The van der Waals surface area contributed by atoms with Gasteiger partial charge in [-0.1, -0.05) is 34.8 Å². The number of likely N-dealkylation sites (tertiary alicyclic amines) is 1. The van der Waals surface area contributed by atoms with Crippen molar-refractivity contribution in [1.82, 2.24) is 24.5 Å². The summed E-state index contributed by atoms with van der Waals surface area (Å²) in [6.45, 7) is 1.40. The predicted octanol–water partition coefficient (Wildman–Crippen LogP) is 5.34. The number of para-hydroxylation sites is 1. The van der Waals surface area contributed by atoms with E-state index in [9.17, 15) is 9.59 Å². The number of carbonyl (C=O) groups excluding carboxylic acids is 2. The van der Waals surface area contributed by atoms with Crippen LogP contribution in [0, 0.1) is 0 Å². The number of carbonyl (C=O) groups is 2. The summed E-state index contributed by atoms with van der Waals surface area (Å²) in [4.78, 5) is 35.5. The van der Waals surface area contributed by atoms with E-state index in [2.05, 4.69) is 24.9 Å². The number of amides is 2. The highest BCUT2D eigenvalue weighted by molar-refractivity contribution is 7.10. The number of anilines is 1. The van der Waals surface area contributed by atoms with Gasteiger partial charge in [0.25, 0.3) is 5.91 Å². The molecular weight excluding hydrogens is 504 g/mol. The molecule has 0 saturated carbocycles. The molecule has 6 rings (SSSR count). The van der Waals surface area contributed by atoms with Crippen LogP contribution in [0.15, 0.2) is 65.5 Å². The average molecular weight is 529 g/mol. The summed E-state index contributed by atoms with van der Waals surface area (Å²) in [6, 6.07) is 15.6. The van der Waals surface area contributed by atoms with Gasteiger partial charge >= 0.3 is 0 Å². The molecule has 1 saturated heterocycles. The molecular formula is C27H24N6O2S2. The Labute approximate surface area is 221 Å². The van der Waals surface area contributed by atoms with E-state index in [0.29, 0.717) is 30.9 Å². The fourth-order valence-electron chi connectivity index (χ4n) is 4.72. The van der Waals surface area contributed by atoms with E-state index >= 15 is 0 Å². The Hall–Kier alpha value is -3.89. The lowest BCUT2D eigenvalue weighted by atomic mass is 9.97. The van der Waals surface area contributed by atoms with Gasteiger partial charge in [0.05, 0.1) is 11.4 Å². The first-order valence-electron chi connectivity index (χ1n) is 12.1. The van der Waals surface area contributed by atoms with E-state index < -0.39 is 0 Å². The number of benzene rings is 2. The maximum atomic E-state index is 12.9. The Bertz CT molecular complexity index is 1530. The molecule has 5 aromatic rings. The van der Waals surface area contributed by atoms with Gasteiger partial charge in [0.2, 0.25) is 5.91 Å². The monoisotopic (exact) mass is 528 g/mol. The van der Waals surface area contributed by atoms with Crippen molar-refractivity contribution in [3.05, 3.63) is 81.8 Å². The number of nitrogens with one attached hydrogen (secondary N) is 2. The third-order valence-corrected chi connectivity index (χ3v) is 8.28. The summed E-state index contributed by atoms with van der Waals surface area (Å²) >= 11 is 2.82. The van der Waals surface area contributed by atoms with Crippen molar-refractivity contribution in [2.24, 2.45) is 0 Å². The van der Waals surface area contributed by atoms with Gasteiger partial charge in [0.15, 0.2) is 0 Å². The zero-order chi connectivity index (χ0) is 25.2. The lowest BCUT2D eigenvalue weighted by Gasteiger charge is -2.31. The fraction of sp³-hybridized carbons (Fsp3) is 0.222. The Morgan fingerprint density at radius 2 is 1.86 bits per heavy atom. The van der Waals surface area contributed by atoms with Crippen molar-refractivity contribution in [3.8, 4) is 11.3 Å². The van der Waals surface area contributed by atoms with Gasteiger partial charge < -0.3 is 15.2 Å². The van der Waals surface area contributed by atoms with Gasteiger partial charge in [-0.3, -0.25) is 9.59 Å². The van der Waals surface area contributed by atoms with E-state index in [-0.39, 0.29) is 17.7 Å². The van der Waals surface area contributed by atoms with E-state index in [1.54, 1.807) is 0 Å². The first-order chi connectivity index (χ1) is 18.1. The van der Waals surface area contributed by atoms with Crippen LogP contribution in [0.5, 0.6) is 0 Å². The highest BCUT2D eigenvalue weighted by atomic mass is 32.1. The van der Waals surface area contributed by atoms with Crippen molar-refractivity contribution < 1.29 is 9.59 Å². The highest BCUT2D eigenvalue weighted by Crippen LogP contribution is 2.31. The first-order valence-corrected chi connectivity index (χ1v) is 13.8. The number of aromatic nitrogens is 4. The number of hydrogen-bond acceptors (Lipinski definition) is 7. The summed E-state index contributed by atoms with van der Waals surface area (Å²) in [5, 5.41) is 12.7. The van der Waals surface area contributed by atoms with Crippen molar-refractivity contribution >= 4 is 51.3 Å². The van der Waals surface area contributed by atoms with Crippen LogP contribution in [0.4, 0.5) is 5.69 Å². The molecule has 0 aliphatic carbocycles. The summed E-state index contributed by atoms with van der Waals surface area (Å²) in [5.41, 5.74) is 4.98. The number of fused-ring (bicyclic) bond motifs is 1. The summed E-state index contributed by atoms with van der Waals surface area (Å²) in [5.74, 6) is 0.186. The van der Waals surface area contributed by atoms with Crippen LogP contribution >= 0.6 is 22.9 Å². The van der Waals surface area contributed by atoms with Gasteiger partial charge in [-0.2, -0.15) is 0 Å². The normalized spacial score (nSPS) is 14.2. The molecule has 8 nitrogen and oxygen atoms in total. The predicted molar refractivity (Wildman–Crippen MR) is 146 cm³/mol. The molecule has 2 amide bonds. The van der Waals surface area contributed by atoms with Crippen molar-refractivity contribution in [2.75, 3.05) is 18.4 Å². The molecule has 0 bridgehead atoms. The van der Waals surface area contributed by atoms with Crippen LogP contribution < -0.4 is 5.32 Å². The van der Waals surface area contributed by atoms with Crippen molar-refractivity contribution in [2.45, 2.75) is 25.2 Å². The molecule has 1 fully saturated rings. The van der Waals surface area contributed by atoms with Gasteiger partial charge in [0, 0.05) is 58.1 Å². The third-order valence-electron chi connectivity index (χ3n) is 6.77. The SMILES string of the molecule is O=C(Nc1ccc(-c2csnn2)cc1)c1csc(C2CCN(C(=O)Cc3c[nH]c4ccccc34)CC2)n1. The van der Waals surface area contributed by atoms with Crippen LogP contribution in [-0.2, 0) is 11.2 Å². The van der Waals surface area contributed by atoms with Crippen LogP contribution in [-0.4, -0.2) is 49.4 Å². The topological polar surface area (TPSA) is 104 Å². The molecule has 0 atom stereocenters. The molecule has 3 aromatic heterocycles.